The van der Waals surface area contributed by atoms with Gasteiger partial charge in [-0.15, -0.1) is 0 Å². The third-order valence-electron chi connectivity index (χ3n) is 4.55. The number of carbonyl (C=O) groups is 1. The summed E-state index contributed by atoms with van der Waals surface area (Å²) >= 11 is 0. The molecule has 1 aliphatic rings. The first-order valence-electron chi connectivity index (χ1n) is 9.29. The third-order valence-corrected chi connectivity index (χ3v) is 4.55. The number of ether oxygens (including phenoxy) is 1. The summed E-state index contributed by atoms with van der Waals surface area (Å²) in [5.41, 5.74) is 2.35. The van der Waals surface area contributed by atoms with Gasteiger partial charge >= 0.3 is 6.01 Å². The Kier molecular flexibility index (Phi) is 5.53. The topological polar surface area (TPSA) is 80.2 Å². The summed E-state index contributed by atoms with van der Waals surface area (Å²) < 4.78 is 5.48. The average molecular weight is 375 g/mol. The largest absolute Gasteiger partial charge is 0.423 e. The number of amides is 1. The van der Waals surface area contributed by atoms with Gasteiger partial charge in [0, 0.05) is 30.8 Å². The van der Waals surface area contributed by atoms with E-state index in [1.807, 2.05) is 12.1 Å². The van der Waals surface area contributed by atoms with Crippen molar-refractivity contribution >= 4 is 11.6 Å². The molecule has 0 atom stereocenters. The maximum atomic E-state index is 12.4. The van der Waals surface area contributed by atoms with Gasteiger partial charge in [-0.3, -0.25) is 14.7 Å². The SMILES string of the molecule is O=C(Nc1ccc(CN2CCCC2)cc1)c1cnc(Oc2cccnc2)nc1. The predicted molar refractivity (Wildman–Crippen MR) is 105 cm³/mol. The zero-order valence-electron chi connectivity index (χ0n) is 15.4. The molecule has 0 radical (unpaired) electrons. The molecule has 28 heavy (non-hydrogen) atoms. The number of benzene rings is 1. The zero-order valence-corrected chi connectivity index (χ0v) is 15.4. The van der Waals surface area contributed by atoms with Crippen molar-refractivity contribution in [2.45, 2.75) is 19.4 Å². The number of aromatic nitrogens is 3. The number of hydrogen-bond donors (Lipinski definition) is 1. The fourth-order valence-electron chi connectivity index (χ4n) is 3.09. The van der Waals surface area contributed by atoms with E-state index in [0.29, 0.717) is 11.3 Å². The molecular weight excluding hydrogens is 354 g/mol. The molecule has 0 bridgehead atoms. The lowest BCUT2D eigenvalue weighted by atomic mass is 10.2. The molecule has 3 heterocycles. The van der Waals surface area contributed by atoms with Crippen LogP contribution in [0.1, 0.15) is 28.8 Å². The third kappa shape index (κ3) is 4.69. The predicted octanol–water partition coefficient (Wildman–Crippen LogP) is 3.51. The Hall–Kier alpha value is -3.32. The maximum absolute atomic E-state index is 12.4. The molecule has 0 aliphatic carbocycles. The summed E-state index contributed by atoms with van der Waals surface area (Å²) in [6, 6.07) is 11.6. The Morgan fingerprint density at radius 3 is 2.46 bits per heavy atom. The molecule has 1 aromatic carbocycles. The second kappa shape index (κ2) is 8.58. The van der Waals surface area contributed by atoms with E-state index in [0.717, 1.165) is 12.2 Å². The van der Waals surface area contributed by atoms with Gasteiger partial charge in [0.2, 0.25) is 0 Å². The van der Waals surface area contributed by atoms with E-state index in [4.69, 9.17) is 4.74 Å². The number of hydrogen-bond acceptors (Lipinski definition) is 6. The molecule has 1 fully saturated rings. The molecule has 0 spiro atoms. The summed E-state index contributed by atoms with van der Waals surface area (Å²) in [6.07, 6.45) is 8.66. The van der Waals surface area contributed by atoms with E-state index < -0.39 is 0 Å². The van der Waals surface area contributed by atoms with Crippen LogP contribution in [0.4, 0.5) is 5.69 Å². The van der Waals surface area contributed by atoms with E-state index >= 15 is 0 Å². The molecule has 1 N–H and O–H groups in total. The quantitative estimate of drug-likeness (QED) is 0.710. The van der Waals surface area contributed by atoms with Crippen LogP contribution in [0, 0.1) is 0 Å². The van der Waals surface area contributed by atoms with Crippen LogP contribution in [0.25, 0.3) is 0 Å². The minimum atomic E-state index is -0.264. The Morgan fingerprint density at radius 1 is 1.04 bits per heavy atom. The number of nitrogens with zero attached hydrogens (tertiary/aromatic N) is 4. The first-order chi connectivity index (χ1) is 13.8. The second-order valence-electron chi connectivity index (χ2n) is 6.68. The molecule has 1 aliphatic heterocycles. The molecule has 2 aromatic heterocycles. The average Bonchev–Trinajstić information content (AvgIpc) is 3.24. The molecular formula is C21H21N5O2. The van der Waals surface area contributed by atoms with Crippen molar-refractivity contribution in [1.29, 1.82) is 0 Å². The normalized spacial score (nSPS) is 14.0. The number of pyridine rings is 1. The van der Waals surface area contributed by atoms with Crippen molar-refractivity contribution in [2.75, 3.05) is 18.4 Å². The van der Waals surface area contributed by atoms with Crippen LogP contribution in [0.2, 0.25) is 0 Å². The van der Waals surface area contributed by atoms with Crippen LogP contribution < -0.4 is 10.1 Å². The lowest BCUT2D eigenvalue weighted by Gasteiger charge is -2.14. The lowest BCUT2D eigenvalue weighted by Crippen LogP contribution is -2.18. The first-order valence-corrected chi connectivity index (χ1v) is 9.29. The lowest BCUT2D eigenvalue weighted by molar-refractivity contribution is 0.102. The summed E-state index contributed by atoms with van der Waals surface area (Å²) in [7, 11) is 0. The number of rotatable bonds is 6. The van der Waals surface area contributed by atoms with Gasteiger partial charge in [0.1, 0.15) is 5.75 Å². The van der Waals surface area contributed by atoms with Crippen LogP contribution in [-0.4, -0.2) is 38.8 Å². The molecule has 3 aromatic rings. The van der Waals surface area contributed by atoms with Gasteiger partial charge in [0.25, 0.3) is 5.91 Å². The van der Waals surface area contributed by atoms with E-state index in [-0.39, 0.29) is 11.9 Å². The number of likely N-dealkylation sites (tertiary alicyclic amines) is 1. The van der Waals surface area contributed by atoms with Gasteiger partial charge in [-0.05, 0) is 55.8 Å². The molecule has 142 valence electrons. The van der Waals surface area contributed by atoms with Crippen molar-refractivity contribution < 1.29 is 9.53 Å². The molecule has 7 heteroatoms. The molecule has 0 unspecified atom stereocenters. The van der Waals surface area contributed by atoms with Crippen LogP contribution in [0.5, 0.6) is 11.8 Å². The second-order valence-corrected chi connectivity index (χ2v) is 6.68. The van der Waals surface area contributed by atoms with E-state index in [9.17, 15) is 4.79 Å². The van der Waals surface area contributed by atoms with Crippen LogP contribution in [0.3, 0.4) is 0 Å². The molecule has 7 nitrogen and oxygen atoms in total. The summed E-state index contributed by atoms with van der Waals surface area (Å²) in [5.74, 6) is 0.272. The standard InChI is InChI=1S/C21H21N5O2/c27-20(17-12-23-21(24-13-17)28-19-4-3-9-22-14-19)25-18-7-5-16(6-8-18)15-26-10-1-2-11-26/h3-9,12-14H,1-2,10-11,15H2,(H,25,27). The van der Waals surface area contributed by atoms with Crippen LogP contribution in [0.15, 0.2) is 61.2 Å². The van der Waals surface area contributed by atoms with Crippen molar-refractivity contribution in [3.05, 3.63) is 72.3 Å². The monoisotopic (exact) mass is 375 g/mol. The number of nitrogens with one attached hydrogen (secondary N) is 1. The highest BCUT2D eigenvalue weighted by atomic mass is 16.5. The fourth-order valence-corrected chi connectivity index (χ4v) is 3.09. The number of carbonyl (C=O) groups excluding carboxylic acids is 1. The summed E-state index contributed by atoms with van der Waals surface area (Å²) in [5, 5.41) is 2.86. The Morgan fingerprint density at radius 2 is 1.79 bits per heavy atom. The highest BCUT2D eigenvalue weighted by molar-refractivity contribution is 6.03. The summed E-state index contributed by atoms with van der Waals surface area (Å²) in [4.78, 5) is 27.0. The van der Waals surface area contributed by atoms with Gasteiger partial charge < -0.3 is 10.1 Å². The molecule has 1 amide bonds. The molecule has 4 rings (SSSR count). The van der Waals surface area contributed by atoms with Crippen molar-refractivity contribution in [3.63, 3.8) is 0 Å². The number of anilines is 1. The van der Waals surface area contributed by atoms with E-state index in [2.05, 4.69) is 37.3 Å². The Labute approximate surface area is 163 Å². The summed E-state index contributed by atoms with van der Waals surface area (Å²) in [6.45, 7) is 3.29. The van der Waals surface area contributed by atoms with E-state index in [1.54, 1.807) is 24.5 Å². The minimum absolute atomic E-state index is 0.163. The smallest absolute Gasteiger partial charge is 0.321 e. The maximum Gasteiger partial charge on any atom is 0.321 e. The first kappa shape index (κ1) is 18.1. The van der Waals surface area contributed by atoms with Crippen molar-refractivity contribution in [2.24, 2.45) is 0 Å². The van der Waals surface area contributed by atoms with Gasteiger partial charge in [-0.1, -0.05) is 12.1 Å². The Bertz CT molecular complexity index is 908. The van der Waals surface area contributed by atoms with Crippen molar-refractivity contribution in [1.82, 2.24) is 19.9 Å². The molecule has 1 saturated heterocycles. The highest BCUT2D eigenvalue weighted by Gasteiger charge is 2.12. The fraction of sp³-hybridized carbons (Fsp3) is 0.238. The van der Waals surface area contributed by atoms with Gasteiger partial charge in [0.15, 0.2) is 0 Å². The molecule has 0 saturated carbocycles. The van der Waals surface area contributed by atoms with Crippen LogP contribution in [-0.2, 0) is 6.54 Å². The van der Waals surface area contributed by atoms with Gasteiger partial charge in [-0.25, -0.2) is 9.97 Å². The van der Waals surface area contributed by atoms with Gasteiger partial charge in [0.05, 0.1) is 11.8 Å². The van der Waals surface area contributed by atoms with Crippen molar-refractivity contribution in [3.8, 4) is 11.8 Å². The Balaban J connectivity index is 1.34. The van der Waals surface area contributed by atoms with E-state index in [1.165, 1.54) is 43.9 Å². The highest BCUT2D eigenvalue weighted by Crippen LogP contribution is 2.17. The zero-order chi connectivity index (χ0) is 19.2. The van der Waals surface area contributed by atoms with Crippen LogP contribution >= 0.6 is 0 Å². The van der Waals surface area contributed by atoms with Gasteiger partial charge in [-0.2, -0.15) is 0 Å². The minimum Gasteiger partial charge on any atom is -0.423 e.